The van der Waals surface area contributed by atoms with Crippen LogP contribution in [-0.4, -0.2) is 40.8 Å². The Hall–Kier alpha value is -1.51. The molecule has 5 nitrogen and oxygen atoms in total. The number of ketones is 1. The molecule has 1 aliphatic heterocycles. The normalized spacial score (nSPS) is 17.5. The van der Waals surface area contributed by atoms with E-state index in [0.29, 0.717) is 35.8 Å². The summed E-state index contributed by atoms with van der Waals surface area (Å²) in [6, 6.07) is 2.73. The lowest BCUT2D eigenvalue weighted by Crippen LogP contribution is -2.14. The third-order valence-corrected chi connectivity index (χ3v) is 5.56. The van der Waals surface area contributed by atoms with Gasteiger partial charge in [-0.1, -0.05) is 0 Å². The van der Waals surface area contributed by atoms with Gasteiger partial charge >= 0.3 is 0 Å². The number of carbonyl (C=O) groups is 1. The van der Waals surface area contributed by atoms with E-state index in [1.165, 1.54) is 36.1 Å². The first-order valence-corrected chi connectivity index (χ1v) is 9.03. The van der Waals surface area contributed by atoms with Crippen molar-refractivity contribution in [1.29, 1.82) is 0 Å². The molecule has 2 heterocycles. The van der Waals surface area contributed by atoms with Crippen molar-refractivity contribution in [1.82, 2.24) is 4.98 Å². The van der Waals surface area contributed by atoms with Crippen molar-refractivity contribution in [2.24, 2.45) is 10.7 Å². The SMILES string of the molecule is CC(=O)C1CSC(c2nc3cc(F)c(OCCCN)cc3s2)=N1. The number of nitrogens with zero attached hydrogens (tertiary/aromatic N) is 2. The number of benzene rings is 1. The van der Waals surface area contributed by atoms with Gasteiger partial charge < -0.3 is 10.5 Å². The van der Waals surface area contributed by atoms with Crippen LogP contribution < -0.4 is 10.5 Å². The summed E-state index contributed by atoms with van der Waals surface area (Å²) in [4.78, 5) is 20.2. The van der Waals surface area contributed by atoms with E-state index in [4.69, 9.17) is 10.5 Å². The molecular weight excluding hydrogens is 337 g/mol. The molecule has 0 amide bonds. The molecule has 0 radical (unpaired) electrons. The molecule has 0 fully saturated rings. The number of hydrogen-bond donors (Lipinski definition) is 1. The Morgan fingerprint density at radius 1 is 1.52 bits per heavy atom. The van der Waals surface area contributed by atoms with Crippen LogP contribution in [0.2, 0.25) is 0 Å². The minimum Gasteiger partial charge on any atom is -0.490 e. The lowest BCUT2D eigenvalue weighted by Gasteiger charge is -2.05. The number of carbonyl (C=O) groups excluding carboxylic acids is 1. The van der Waals surface area contributed by atoms with Gasteiger partial charge in [-0.05, 0) is 19.9 Å². The number of ether oxygens (including phenoxy) is 1. The number of aliphatic imine (C=N–C) groups is 1. The Labute approximate surface area is 141 Å². The molecule has 1 unspecified atom stereocenters. The smallest absolute Gasteiger partial charge is 0.167 e. The van der Waals surface area contributed by atoms with Crippen molar-refractivity contribution in [3.05, 3.63) is 23.0 Å². The third-order valence-electron chi connectivity index (χ3n) is 3.35. The number of nitrogens with two attached hydrogens (primary N) is 1. The van der Waals surface area contributed by atoms with Gasteiger partial charge in [0.2, 0.25) is 0 Å². The lowest BCUT2D eigenvalue weighted by molar-refractivity contribution is -0.117. The zero-order chi connectivity index (χ0) is 16.4. The summed E-state index contributed by atoms with van der Waals surface area (Å²) < 4.78 is 20.3. The average molecular weight is 353 g/mol. The molecule has 0 aliphatic carbocycles. The van der Waals surface area contributed by atoms with Crippen molar-refractivity contribution in [2.75, 3.05) is 18.9 Å². The predicted molar refractivity (Wildman–Crippen MR) is 92.2 cm³/mol. The molecule has 1 aromatic carbocycles. The van der Waals surface area contributed by atoms with E-state index in [-0.39, 0.29) is 17.6 Å². The Kier molecular flexibility index (Phi) is 4.93. The number of rotatable bonds is 6. The quantitative estimate of drug-likeness (QED) is 0.808. The summed E-state index contributed by atoms with van der Waals surface area (Å²) in [6.07, 6.45) is 0.672. The number of thioether (sulfide) groups is 1. The van der Waals surface area contributed by atoms with Crippen LogP contribution in [0, 0.1) is 5.82 Å². The van der Waals surface area contributed by atoms with Crippen molar-refractivity contribution in [3.8, 4) is 5.75 Å². The summed E-state index contributed by atoms with van der Waals surface area (Å²) in [6.45, 7) is 2.42. The van der Waals surface area contributed by atoms with Gasteiger partial charge in [-0.15, -0.1) is 23.1 Å². The number of halogens is 1. The van der Waals surface area contributed by atoms with E-state index >= 15 is 0 Å². The number of hydrogen-bond acceptors (Lipinski definition) is 7. The van der Waals surface area contributed by atoms with Gasteiger partial charge in [-0.25, -0.2) is 9.37 Å². The molecule has 0 saturated heterocycles. The first-order chi connectivity index (χ1) is 11.1. The van der Waals surface area contributed by atoms with Crippen LogP contribution in [0.5, 0.6) is 5.75 Å². The van der Waals surface area contributed by atoms with Gasteiger partial charge in [0.25, 0.3) is 0 Å². The van der Waals surface area contributed by atoms with Gasteiger partial charge in [0.1, 0.15) is 16.1 Å². The largest absolute Gasteiger partial charge is 0.490 e. The monoisotopic (exact) mass is 353 g/mol. The minimum atomic E-state index is -0.436. The second-order valence-electron chi connectivity index (χ2n) is 5.13. The number of Topliss-reactive ketones (excluding diaryl/α,β-unsaturated/α-hetero) is 1. The zero-order valence-corrected chi connectivity index (χ0v) is 14.2. The van der Waals surface area contributed by atoms with Gasteiger partial charge in [-0.2, -0.15) is 0 Å². The molecule has 23 heavy (non-hydrogen) atoms. The fraction of sp³-hybridized carbons (Fsp3) is 0.400. The van der Waals surface area contributed by atoms with Crippen LogP contribution in [0.15, 0.2) is 17.1 Å². The Balaban J connectivity index is 1.87. The molecule has 122 valence electrons. The van der Waals surface area contributed by atoms with E-state index in [1.807, 2.05) is 0 Å². The molecule has 1 aromatic heterocycles. The van der Waals surface area contributed by atoms with E-state index in [1.54, 1.807) is 6.07 Å². The molecule has 1 atom stereocenters. The Morgan fingerprint density at radius 3 is 3.04 bits per heavy atom. The molecule has 0 saturated carbocycles. The van der Waals surface area contributed by atoms with Gasteiger partial charge in [-0.3, -0.25) is 9.79 Å². The lowest BCUT2D eigenvalue weighted by atomic mass is 10.2. The molecule has 2 aromatic rings. The number of fused-ring (bicyclic) bond motifs is 1. The first-order valence-electron chi connectivity index (χ1n) is 7.23. The minimum absolute atomic E-state index is 0.0512. The molecular formula is C15H16FN3O2S2. The summed E-state index contributed by atoms with van der Waals surface area (Å²) in [7, 11) is 0. The number of aromatic nitrogens is 1. The first kappa shape index (κ1) is 16.4. The highest BCUT2D eigenvalue weighted by atomic mass is 32.2. The third kappa shape index (κ3) is 3.54. The average Bonchev–Trinajstić information content (AvgIpc) is 3.13. The maximum Gasteiger partial charge on any atom is 0.167 e. The Bertz CT molecular complexity index is 775. The standard InChI is InChI=1S/C15H16FN3O2S2/c1-8(20)11-7-22-14(19-11)15-18-10-5-9(16)12(6-13(10)23-15)21-4-2-3-17/h5-6,11H,2-4,7,17H2,1H3. The van der Waals surface area contributed by atoms with E-state index in [9.17, 15) is 9.18 Å². The topological polar surface area (TPSA) is 77.6 Å². The highest BCUT2D eigenvalue weighted by Crippen LogP contribution is 2.33. The molecule has 0 bridgehead atoms. The highest BCUT2D eigenvalue weighted by Gasteiger charge is 2.25. The van der Waals surface area contributed by atoms with E-state index in [2.05, 4.69) is 9.98 Å². The molecule has 3 rings (SSSR count). The molecule has 1 aliphatic rings. The second-order valence-corrected chi connectivity index (χ2v) is 7.17. The van der Waals surface area contributed by atoms with Crippen molar-refractivity contribution in [3.63, 3.8) is 0 Å². The van der Waals surface area contributed by atoms with E-state index < -0.39 is 5.82 Å². The van der Waals surface area contributed by atoms with Gasteiger partial charge in [0.05, 0.1) is 16.8 Å². The van der Waals surface area contributed by atoms with Gasteiger partial charge in [0.15, 0.2) is 17.3 Å². The molecule has 8 heteroatoms. The maximum absolute atomic E-state index is 14.0. The highest BCUT2D eigenvalue weighted by molar-refractivity contribution is 8.15. The van der Waals surface area contributed by atoms with Crippen molar-refractivity contribution in [2.45, 2.75) is 19.4 Å². The number of thiazole rings is 1. The Morgan fingerprint density at radius 2 is 2.35 bits per heavy atom. The van der Waals surface area contributed by atoms with Crippen molar-refractivity contribution < 1.29 is 13.9 Å². The van der Waals surface area contributed by atoms with Crippen LogP contribution in [0.4, 0.5) is 4.39 Å². The van der Waals surface area contributed by atoms with Crippen molar-refractivity contribution >= 4 is 44.1 Å². The second kappa shape index (κ2) is 6.94. The predicted octanol–water partition coefficient (Wildman–Crippen LogP) is 2.61. The molecule has 0 spiro atoms. The van der Waals surface area contributed by atoms with Crippen LogP contribution >= 0.6 is 23.1 Å². The zero-order valence-electron chi connectivity index (χ0n) is 12.5. The van der Waals surface area contributed by atoms with Crippen LogP contribution in [-0.2, 0) is 4.79 Å². The summed E-state index contributed by atoms with van der Waals surface area (Å²) in [5.41, 5.74) is 5.98. The molecule has 2 N–H and O–H groups in total. The van der Waals surface area contributed by atoms with Crippen LogP contribution in [0.3, 0.4) is 0 Å². The maximum atomic E-state index is 14.0. The summed E-state index contributed by atoms with van der Waals surface area (Å²) in [5, 5.41) is 1.46. The van der Waals surface area contributed by atoms with E-state index in [0.717, 1.165) is 9.74 Å². The van der Waals surface area contributed by atoms with Gasteiger partial charge in [0, 0.05) is 17.9 Å². The fourth-order valence-electron chi connectivity index (χ4n) is 2.10. The van der Waals surface area contributed by atoms with Crippen LogP contribution in [0.25, 0.3) is 10.2 Å². The fourth-order valence-corrected chi connectivity index (χ4v) is 4.26. The van der Waals surface area contributed by atoms with Crippen LogP contribution in [0.1, 0.15) is 18.4 Å². The summed E-state index contributed by atoms with van der Waals surface area (Å²) >= 11 is 2.94. The summed E-state index contributed by atoms with van der Waals surface area (Å²) in [5.74, 6) is 0.468.